The number of rotatable bonds is 0. The van der Waals surface area contributed by atoms with Gasteiger partial charge in [-0.1, -0.05) is 5.92 Å². The fourth-order valence-electron chi connectivity index (χ4n) is 0.753. The van der Waals surface area contributed by atoms with Crippen LogP contribution in [0.3, 0.4) is 0 Å². The van der Waals surface area contributed by atoms with Gasteiger partial charge in [-0.05, 0) is 7.05 Å². The molecule has 0 aliphatic carbocycles. The molecule has 0 atom stereocenters. The molecule has 0 fully saturated rings. The Hall–Kier alpha value is -0.680. The first-order chi connectivity index (χ1) is 3.79. The van der Waals surface area contributed by atoms with E-state index in [0.717, 1.165) is 13.2 Å². The van der Waals surface area contributed by atoms with Crippen LogP contribution in [-0.4, -0.2) is 37.1 Å². The van der Waals surface area contributed by atoms with Crippen LogP contribution < -0.4 is 0 Å². The highest BCUT2D eigenvalue weighted by atomic mass is 15.3. The summed E-state index contributed by atoms with van der Waals surface area (Å²) in [6, 6.07) is 2.95. The zero-order valence-electron chi connectivity index (χ0n) is 5.31. The topological polar surface area (TPSA) is 6.48 Å². The lowest BCUT2D eigenvalue weighted by Crippen LogP contribution is -2.33. The minimum absolute atomic E-state index is 0.907. The molecule has 0 saturated carbocycles. The van der Waals surface area contributed by atoms with Crippen LogP contribution in [0.5, 0.6) is 0 Å². The van der Waals surface area contributed by atoms with Crippen LogP contribution in [0.4, 0.5) is 0 Å². The van der Waals surface area contributed by atoms with Gasteiger partial charge in [-0.3, -0.25) is 4.90 Å². The van der Waals surface area contributed by atoms with Gasteiger partial charge in [0.15, 0.2) is 0 Å². The summed E-state index contributed by atoms with van der Waals surface area (Å²) in [6.45, 7) is 1.87. The maximum atomic E-state index is 2.99. The third kappa shape index (κ3) is 1.14. The van der Waals surface area contributed by atoms with Gasteiger partial charge >= 0.3 is 0 Å². The average Bonchev–Trinajstić information content (AvgIpc) is 1.64. The van der Waals surface area contributed by atoms with Gasteiger partial charge in [-0.2, -0.15) is 0 Å². The van der Waals surface area contributed by atoms with Crippen molar-refractivity contribution < 1.29 is 0 Å². The Morgan fingerprint density at radius 2 is 2.12 bits per heavy atom. The van der Waals surface area contributed by atoms with E-state index in [4.69, 9.17) is 0 Å². The first kappa shape index (κ1) is 5.46. The Labute approximate surface area is 50.1 Å². The molecule has 0 unspecified atom stereocenters. The lowest BCUT2D eigenvalue weighted by atomic mass is 10.5. The number of nitrogens with zero attached hydrogens (tertiary/aromatic N) is 2. The molecule has 0 radical (unpaired) electrons. The van der Waals surface area contributed by atoms with E-state index < -0.39 is 0 Å². The van der Waals surface area contributed by atoms with Gasteiger partial charge in [-0.25, -0.2) is 0 Å². The SMILES string of the molecule is CN1C#CCN(C)C1. The van der Waals surface area contributed by atoms with E-state index in [1.807, 2.05) is 11.9 Å². The molecule has 44 valence electrons. The molecule has 0 spiro atoms. The Balaban J connectivity index is 2.49. The molecular weight excluding hydrogens is 100 g/mol. The standard InChI is InChI=1S/C6H10N2/c1-7-4-3-5-8(2)6-7/h4,6H2,1-2H3. The molecule has 1 rings (SSSR count). The van der Waals surface area contributed by atoms with Crippen LogP contribution in [0, 0.1) is 12.0 Å². The van der Waals surface area contributed by atoms with E-state index in [2.05, 4.69) is 23.9 Å². The minimum Gasteiger partial charge on any atom is -0.322 e. The zero-order chi connectivity index (χ0) is 5.98. The quantitative estimate of drug-likeness (QED) is 0.398. The van der Waals surface area contributed by atoms with Gasteiger partial charge in [0.05, 0.1) is 13.2 Å². The van der Waals surface area contributed by atoms with Gasteiger partial charge < -0.3 is 4.90 Å². The average molecular weight is 110 g/mol. The van der Waals surface area contributed by atoms with Crippen molar-refractivity contribution in [3.63, 3.8) is 0 Å². The second-order valence-electron chi connectivity index (χ2n) is 2.14. The van der Waals surface area contributed by atoms with Crippen molar-refractivity contribution in [1.82, 2.24) is 9.80 Å². The van der Waals surface area contributed by atoms with E-state index in [1.165, 1.54) is 0 Å². The van der Waals surface area contributed by atoms with Crippen LogP contribution >= 0.6 is 0 Å². The third-order valence-electron chi connectivity index (χ3n) is 1.07. The minimum atomic E-state index is 0.907. The van der Waals surface area contributed by atoms with Gasteiger partial charge in [0.25, 0.3) is 0 Å². The van der Waals surface area contributed by atoms with Gasteiger partial charge in [0, 0.05) is 13.1 Å². The lowest BCUT2D eigenvalue weighted by molar-refractivity contribution is 0.248. The van der Waals surface area contributed by atoms with Crippen LogP contribution in [0.2, 0.25) is 0 Å². The van der Waals surface area contributed by atoms with Crippen molar-refractivity contribution in [2.45, 2.75) is 0 Å². The summed E-state index contributed by atoms with van der Waals surface area (Å²) in [7, 11) is 4.05. The molecule has 1 aliphatic rings. The molecule has 2 nitrogen and oxygen atoms in total. The molecule has 0 aromatic carbocycles. The second kappa shape index (κ2) is 2.06. The van der Waals surface area contributed by atoms with E-state index in [9.17, 15) is 0 Å². The lowest BCUT2D eigenvalue weighted by Gasteiger charge is -2.22. The molecule has 0 aromatic heterocycles. The molecule has 1 aliphatic heterocycles. The summed E-state index contributed by atoms with van der Waals surface area (Å²) < 4.78 is 0. The zero-order valence-corrected chi connectivity index (χ0v) is 5.31. The van der Waals surface area contributed by atoms with Gasteiger partial charge in [0.2, 0.25) is 0 Å². The third-order valence-corrected chi connectivity index (χ3v) is 1.07. The number of hydrogen-bond acceptors (Lipinski definition) is 2. The van der Waals surface area contributed by atoms with Crippen LogP contribution in [0.15, 0.2) is 0 Å². The molecule has 0 N–H and O–H groups in total. The van der Waals surface area contributed by atoms with Crippen LogP contribution in [0.1, 0.15) is 0 Å². The van der Waals surface area contributed by atoms with E-state index in [-0.39, 0.29) is 0 Å². The van der Waals surface area contributed by atoms with Crippen molar-refractivity contribution >= 4 is 0 Å². The second-order valence-corrected chi connectivity index (χ2v) is 2.14. The fraction of sp³-hybridized carbons (Fsp3) is 0.667. The maximum absolute atomic E-state index is 2.99. The molecule has 2 heteroatoms. The maximum Gasteiger partial charge on any atom is 0.0785 e. The predicted octanol–water partition coefficient (Wildman–Crippen LogP) is -0.218. The summed E-state index contributed by atoms with van der Waals surface area (Å²) in [6.07, 6.45) is 0. The molecule has 1 heterocycles. The summed E-state index contributed by atoms with van der Waals surface area (Å²) in [5, 5.41) is 0. The highest BCUT2D eigenvalue weighted by Crippen LogP contribution is 1.89. The van der Waals surface area contributed by atoms with E-state index in [1.54, 1.807) is 0 Å². The summed E-state index contributed by atoms with van der Waals surface area (Å²) in [5.41, 5.74) is 0. The molecule has 0 aromatic rings. The molecule has 0 bridgehead atoms. The van der Waals surface area contributed by atoms with Crippen molar-refractivity contribution in [3.05, 3.63) is 0 Å². The summed E-state index contributed by atoms with van der Waals surface area (Å²) >= 11 is 0. The molecule has 0 saturated heterocycles. The number of hydrogen-bond donors (Lipinski definition) is 0. The Morgan fingerprint density at radius 3 is 2.50 bits per heavy atom. The predicted molar refractivity (Wildman–Crippen MR) is 33.0 cm³/mol. The first-order valence-corrected chi connectivity index (χ1v) is 2.67. The Morgan fingerprint density at radius 1 is 1.38 bits per heavy atom. The Kier molecular flexibility index (Phi) is 1.40. The van der Waals surface area contributed by atoms with Gasteiger partial charge in [0.1, 0.15) is 0 Å². The smallest absolute Gasteiger partial charge is 0.0785 e. The fourth-order valence-corrected chi connectivity index (χ4v) is 0.753. The van der Waals surface area contributed by atoms with E-state index in [0.29, 0.717) is 0 Å². The Bertz CT molecular complexity index is 131. The van der Waals surface area contributed by atoms with Crippen LogP contribution in [0.25, 0.3) is 0 Å². The van der Waals surface area contributed by atoms with Crippen LogP contribution in [-0.2, 0) is 0 Å². The van der Waals surface area contributed by atoms with Crippen molar-refractivity contribution in [3.8, 4) is 12.0 Å². The van der Waals surface area contributed by atoms with Crippen molar-refractivity contribution in [2.75, 3.05) is 27.3 Å². The van der Waals surface area contributed by atoms with Crippen molar-refractivity contribution in [1.29, 1.82) is 0 Å². The summed E-state index contributed by atoms with van der Waals surface area (Å²) in [4.78, 5) is 4.14. The molecular formula is C6H10N2. The first-order valence-electron chi connectivity index (χ1n) is 2.67. The highest BCUT2D eigenvalue weighted by Gasteiger charge is 2.00. The van der Waals surface area contributed by atoms with Gasteiger partial charge in [-0.15, -0.1) is 0 Å². The highest BCUT2D eigenvalue weighted by molar-refractivity contribution is 5.02. The monoisotopic (exact) mass is 110 g/mol. The largest absolute Gasteiger partial charge is 0.322 e. The van der Waals surface area contributed by atoms with Crippen molar-refractivity contribution in [2.24, 2.45) is 0 Å². The summed E-state index contributed by atoms with van der Waals surface area (Å²) in [5.74, 6) is 2.99. The molecule has 0 amide bonds. The normalized spacial score (nSPS) is 20.0. The molecule has 8 heavy (non-hydrogen) atoms. The van der Waals surface area contributed by atoms with E-state index >= 15 is 0 Å².